The quantitative estimate of drug-likeness (QED) is 0.561. The number of nitro groups is 1. The number of nitro benzene ring substituents is 1. The number of likely N-dealkylation sites (N-methyl/N-ethyl adjacent to an activating group) is 1. The number of hydrogen-bond donors (Lipinski definition) is 2. The average molecular weight is 281 g/mol. The van der Waals surface area contributed by atoms with E-state index in [9.17, 15) is 14.9 Å². The molecule has 0 aliphatic carbocycles. The molecule has 2 N–H and O–H groups in total. The second-order valence-corrected chi connectivity index (χ2v) is 4.10. The van der Waals surface area contributed by atoms with E-state index in [2.05, 4.69) is 10.6 Å². The number of hydrogen-bond acceptors (Lipinski definition) is 5. The van der Waals surface area contributed by atoms with E-state index < -0.39 is 4.92 Å². The lowest BCUT2D eigenvalue weighted by Crippen LogP contribution is -2.29. The predicted octanol–water partition coefficient (Wildman–Crippen LogP) is 1.93. The second kappa shape index (κ2) is 7.98. The van der Waals surface area contributed by atoms with E-state index in [0.29, 0.717) is 18.8 Å². The summed E-state index contributed by atoms with van der Waals surface area (Å²) in [7, 11) is 0. The van der Waals surface area contributed by atoms with Gasteiger partial charge in [-0.25, -0.2) is 0 Å². The molecule has 0 heterocycles. The van der Waals surface area contributed by atoms with Crippen molar-refractivity contribution in [1.29, 1.82) is 0 Å². The molecule has 7 heteroatoms. The van der Waals surface area contributed by atoms with Crippen LogP contribution in [0, 0.1) is 10.1 Å². The Morgan fingerprint density at radius 2 is 2.15 bits per heavy atom. The van der Waals surface area contributed by atoms with Gasteiger partial charge in [0.05, 0.1) is 18.1 Å². The highest BCUT2D eigenvalue weighted by molar-refractivity contribution is 5.80. The van der Waals surface area contributed by atoms with Crippen LogP contribution in [0.2, 0.25) is 0 Å². The Hall–Kier alpha value is -2.31. The Bertz CT molecular complexity index is 477. The highest BCUT2D eigenvalue weighted by Gasteiger charge is 2.15. The fraction of sp³-hybridized carbons (Fsp3) is 0.462. The zero-order valence-corrected chi connectivity index (χ0v) is 11.6. The van der Waals surface area contributed by atoms with Crippen molar-refractivity contribution in [3.8, 4) is 5.75 Å². The summed E-state index contributed by atoms with van der Waals surface area (Å²) in [5.74, 6) is 0.0691. The van der Waals surface area contributed by atoms with Crippen molar-refractivity contribution in [3.05, 3.63) is 28.3 Å². The normalized spacial score (nSPS) is 9.90. The van der Waals surface area contributed by atoms with Crippen LogP contribution in [-0.4, -0.2) is 30.5 Å². The first kappa shape index (κ1) is 15.7. The first-order valence-corrected chi connectivity index (χ1v) is 6.50. The van der Waals surface area contributed by atoms with Gasteiger partial charge in [-0.2, -0.15) is 0 Å². The molecule has 0 atom stereocenters. The molecule has 1 rings (SSSR count). The molecule has 0 saturated carbocycles. The summed E-state index contributed by atoms with van der Waals surface area (Å²) in [4.78, 5) is 21.7. The van der Waals surface area contributed by atoms with Gasteiger partial charge >= 0.3 is 5.69 Å². The van der Waals surface area contributed by atoms with E-state index in [1.54, 1.807) is 6.07 Å². The SMILES string of the molecule is CCCOc1cc(NCC(=O)NCC)ccc1[N+](=O)[O-]. The second-order valence-electron chi connectivity index (χ2n) is 4.10. The summed E-state index contributed by atoms with van der Waals surface area (Å²) in [6.07, 6.45) is 0.758. The fourth-order valence-corrected chi connectivity index (χ4v) is 1.54. The highest BCUT2D eigenvalue weighted by Crippen LogP contribution is 2.30. The number of carbonyl (C=O) groups excluding carboxylic acids is 1. The van der Waals surface area contributed by atoms with Gasteiger partial charge in [-0.3, -0.25) is 14.9 Å². The summed E-state index contributed by atoms with van der Waals surface area (Å²) in [5, 5.41) is 16.4. The zero-order valence-electron chi connectivity index (χ0n) is 11.6. The maximum absolute atomic E-state index is 11.3. The van der Waals surface area contributed by atoms with E-state index in [4.69, 9.17) is 4.74 Å². The van der Waals surface area contributed by atoms with Gasteiger partial charge in [0.2, 0.25) is 5.91 Å². The third-order valence-electron chi connectivity index (χ3n) is 2.45. The van der Waals surface area contributed by atoms with Gasteiger partial charge in [0.15, 0.2) is 5.75 Å². The molecule has 0 aliphatic rings. The Morgan fingerprint density at radius 1 is 1.40 bits per heavy atom. The summed E-state index contributed by atoms with van der Waals surface area (Å²) in [5.41, 5.74) is 0.523. The van der Waals surface area contributed by atoms with Crippen LogP contribution in [-0.2, 0) is 4.79 Å². The molecular weight excluding hydrogens is 262 g/mol. The Balaban J connectivity index is 2.78. The van der Waals surface area contributed by atoms with Crippen molar-refractivity contribution in [1.82, 2.24) is 5.32 Å². The van der Waals surface area contributed by atoms with E-state index >= 15 is 0 Å². The number of rotatable bonds is 8. The molecule has 7 nitrogen and oxygen atoms in total. The lowest BCUT2D eigenvalue weighted by atomic mass is 10.2. The maximum atomic E-state index is 11.3. The predicted molar refractivity (Wildman–Crippen MR) is 76.1 cm³/mol. The molecule has 110 valence electrons. The number of carbonyl (C=O) groups is 1. The minimum Gasteiger partial charge on any atom is -0.487 e. The minimum absolute atomic E-state index is 0.0815. The standard InChI is InChI=1S/C13H19N3O4/c1-3-7-20-12-8-10(5-6-11(12)16(18)19)15-9-13(17)14-4-2/h5-6,8,15H,3-4,7,9H2,1-2H3,(H,14,17). The fourth-order valence-electron chi connectivity index (χ4n) is 1.54. The lowest BCUT2D eigenvalue weighted by Gasteiger charge is -2.09. The largest absolute Gasteiger partial charge is 0.487 e. The van der Waals surface area contributed by atoms with Gasteiger partial charge in [-0.1, -0.05) is 6.92 Å². The van der Waals surface area contributed by atoms with E-state index in [1.165, 1.54) is 12.1 Å². The third kappa shape index (κ3) is 4.75. The van der Waals surface area contributed by atoms with Gasteiger partial charge in [0, 0.05) is 24.4 Å². The lowest BCUT2D eigenvalue weighted by molar-refractivity contribution is -0.385. The molecule has 1 aromatic carbocycles. The van der Waals surface area contributed by atoms with Gasteiger partial charge in [-0.15, -0.1) is 0 Å². The zero-order chi connectivity index (χ0) is 15.0. The smallest absolute Gasteiger partial charge is 0.311 e. The number of amides is 1. The van der Waals surface area contributed by atoms with Crippen LogP contribution in [0.4, 0.5) is 11.4 Å². The Kier molecular flexibility index (Phi) is 6.28. The number of nitrogens with zero attached hydrogens (tertiary/aromatic N) is 1. The van der Waals surface area contributed by atoms with Gasteiger partial charge < -0.3 is 15.4 Å². The molecule has 0 aromatic heterocycles. The molecule has 0 radical (unpaired) electrons. The Morgan fingerprint density at radius 3 is 2.75 bits per heavy atom. The number of anilines is 1. The van der Waals surface area contributed by atoms with Crippen LogP contribution >= 0.6 is 0 Å². The van der Waals surface area contributed by atoms with Crippen molar-refractivity contribution >= 4 is 17.3 Å². The molecule has 20 heavy (non-hydrogen) atoms. The van der Waals surface area contributed by atoms with Crippen LogP contribution in [0.1, 0.15) is 20.3 Å². The molecule has 0 spiro atoms. The summed E-state index contributed by atoms with van der Waals surface area (Å²) >= 11 is 0. The summed E-state index contributed by atoms with van der Waals surface area (Å²) in [6.45, 7) is 4.83. The van der Waals surface area contributed by atoms with E-state index in [-0.39, 0.29) is 23.9 Å². The minimum atomic E-state index is -0.488. The van der Waals surface area contributed by atoms with E-state index in [1.807, 2.05) is 13.8 Å². The van der Waals surface area contributed by atoms with Crippen molar-refractivity contribution in [2.24, 2.45) is 0 Å². The molecule has 0 aliphatic heterocycles. The number of benzene rings is 1. The van der Waals surface area contributed by atoms with Gasteiger partial charge in [0.1, 0.15) is 0 Å². The van der Waals surface area contributed by atoms with Crippen molar-refractivity contribution in [2.45, 2.75) is 20.3 Å². The van der Waals surface area contributed by atoms with E-state index in [0.717, 1.165) is 6.42 Å². The van der Waals surface area contributed by atoms with Crippen molar-refractivity contribution < 1.29 is 14.5 Å². The van der Waals surface area contributed by atoms with Crippen LogP contribution in [0.15, 0.2) is 18.2 Å². The molecule has 1 aromatic rings. The van der Waals surface area contributed by atoms with Crippen molar-refractivity contribution in [3.63, 3.8) is 0 Å². The van der Waals surface area contributed by atoms with Crippen molar-refractivity contribution in [2.75, 3.05) is 25.0 Å². The molecule has 0 fully saturated rings. The Labute approximate surface area is 117 Å². The monoisotopic (exact) mass is 281 g/mol. The highest BCUT2D eigenvalue weighted by atomic mass is 16.6. The molecule has 0 bridgehead atoms. The van der Waals surface area contributed by atoms with Gasteiger partial charge in [-0.05, 0) is 19.4 Å². The first-order chi connectivity index (χ1) is 9.58. The average Bonchev–Trinajstić information content (AvgIpc) is 2.43. The maximum Gasteiger partial charge on any atom is 0.311 e. The number of ether oxygens (including phenoxy) is 1. The van der Waals surface area contributed by atoms with Crippen LogP contribution in [0.25, 0.3) is 0 Å². The molecule has 0 unspecified atom stereocenters. The summed E-state index contributed by atoms with van der Waals surface area (Å²) in [6, 6.07) is 4.45. The molecular formula is C13H19N3O4. The summed E-state index contributed by atoms with van der Waals surface area (Å²) < 4.78 is 5.36. The number of nitrogens with one attached hydrogen (secondary N) is 2. The van der Waals surface area contributed by atoms with Crippen LogP contribution in [0.5, 0.6) is 5.75 Å². The topological polar surface area (TPSA) is 93.5 Å². The van der Waals surface area contributed by atoms with Crippen LogP contribution in [0.3, 0.4) is 0 Å². The molecule has 1 amide bonds. The first-order valence-electron chi connectivity index (χ1n) is 6.50. The third-order valence-corrected chi connectivity index (χ3v) is 2.45. The van der Waals surface area contributed by atoms with Crippen LogP contribution < -0.4 is 15.4 Å². The molecule has 0 saturated heterocycles. The van der Waals surface area contributed by atoms with Gasteiger partial charge in [0.25, 0.3) is 0 Å².